The zero-order valence-corrected chi connectivity index (χ0v) is 22.8. The van der Waals surface area contributed by atoms with Gasteiger partial charge in [0, 0.05) is 18.8 Å². The van der Waals surface area contributed by atoms with E-state index in [4.69, 9.17) is 9.47 Å². The lowest BCUT2D eigenvalue weighted by Crippen LogP contribution is -2.51. The summed E-state index contributed by atoms with van der Waals surface area (Å²) < 4.78 is 38.4. The highest BCUT2D eigenvalue weighted by molar-refractivity contribution is 7.90. The molecule has 202 valence electrons. The van der Waals surface area contributed by atoms with Crippen LogP contribution in [-0.2, 0) is 14.8 Å². The average Bonchev–Trinajstić information content (AvgIpc) is 3.36. The first-order valence-corrected chi connectivity index (χ1v) is 13.5. The van der Waals surface area contributed by atoms with Gasteiger partial charge < -0.3 is 19.7 Å². The molecule has 0 fully saturated rings. The van der Waals surface area contributed by atoms with Crippen LogP contribution in [-0.4, -0.2) is 40.2 Å². The van der Waals surface area contributed by atoms with E-state index in [2.05, 4.69) is 11.9 Å². The number of anilines is 1. The fourth-order valence-electron chi connectivity index (χ4n) is 3.73. The molecular formula is C28H33N3O6S. The van der Waals surface area contributed by atoms with Crippen LogP contribution in [0.2, 0.25) is 0 Å². The molecule has 0 radical (unpaired) electrons. The van der Waals surface area contributed by atoms with Gasteiger partial charge in [-0.1, -0.05) is 54.2 Å². The van der Waals surface area contributed by atoms with E-state index in [9.17, 15) is 18.0 Å². The van der Waals surface area contributed by atoms with E-state index in [1.54, 1.807) is 56.4 Å². The molecular weight excluding hydrogens is 506 g/mol. The van der Waals surface area contributed by atoms with Crippen LogP contribution in [0.25, 0.3) is 0 Å². The van der Waals surface area contributed by atoms with Crippen molar-refractivity contribution < 1.29 is 27.5 Å². The van der Waals surface area contributed by atoms with Crippen molar-refractivity contribution in [2.45, 2.75) is 44.6 Å². The maximum Gasteiger partial charge on any atom is 0.329 e. The van der Waals surface area contributed by atoms with Gasteiger partial charge in [0.2, 0.25) is 12.7 Å². The standard InChI is InChI=1S/C28H33N3O6S/c1-6-19(2)11-12-20(3)13-15-23(27(32)31(5)22-14-16-24-25(17-22)37-18-36-24)29-28(33)30-38(34,35)26-10-8-7-9-21(26)4/h6-12,14,16-17,23H,1,13,15,18H2,2-5H3,(H2,29,30,33)/b19-11-,20-12+/t23-/m0/s1. The molecule has 10 heteroatoms. The number of nitrogens with one attached hydrogen (secondary N) is 2. The number of urea groups is 1. The summed E-state index contributed by atoms with van der Waals surface area (Å²) in [5.74, 6) is 0.670. The molecule has 1 atom stereocenters. The molecule has 0 bridgehead atoms. The Labute approximate surface area is 223 Å². The zero-order valence-electron chi connectivity index (χ0n) is 22.0. The van der Waals surface area contributed by atoms with Gasteiger partial charge in [-0.3, -0.25) is 4.79 Å². The van der Waals surface area contributed by atoms with Crippen LogP contribution in [0.3, 0.4) is 0 Å². The van der Waals surface area contributed by atoms with E-state index in [0.717, 1.165) is 11.1 Å². The van der Waals surface area contributed by atoms with Crippen LogP contribution in [0.15, 0.2) is 83.3 Å². The number of benzene rings is 2. The van der Waals surface area contributed by atoms with Crippen molar-refractivity contribution >= 4 is 27.6 Å². The minimum absolute atomic E-state index is 0.0151. The molecule has 2 aromatic carbocycles. The second kappa shape index (κ2) is 12.5. The maximum absolute atomic E-state index is 13.5. The second-order valence-electron chi connectivity index (χ2n) is 9.00. The minimum Gasteiger partial charge on any atom is -0.454 e. The van der Waals surface area contributed by atoms with Gasteiger partial charge in [0.1, 0.15) is 6.04 Å². The molecule has 0 saturated heterocycles. The number of hydrogen-bond acceptors (Lipinski definition) is 6. The zero-order chi connectivity index (χ0) is 27.9. The summed E-state index contributed by atoms with van der Waals surface area (Å²) in [6.07, 6.45) is 6.29. The number of sulfonamides is 1. The third-order valence-corrected chi connectivity index (χ3v) is 7.56. The summed E-state index contributed by atoms with van der Waals surface area (Å²) in [6.45, 7) is 9.30. The lowest BCUT2D eigenvalue weighted by molar-refractivity contribution is -0.120. The monoisotopic (exact) mass is 539 g/mol. The molecule has 1 aliphatic heterocycles. The van der Waals surface area contributed by atoms with Crippen molar-refractivity contribution in [3.63, 3.8) is 0 Å². The van der Waals surface area contributed by atoms with Gasteiger partial charge >= 0.3 is 6.03 Å². The van der Waals surface area contributed by atoms with Gasteiger partial charge in [0.15, 0.2) is 11.5 Å². The molecule has 9 nitrogen and oxygen atoms in total. The number of fused-ring (bicyclic) bond motifs is 1. The smallest absolute Gasteiger partial charge is 0.329 e. The van der Waals surface area contributed by atoms with Crippen molar-refractivity contribution in [3.8, 4) is 11.5 Å². The molecule has 0 aromatic heterocycles. The van der Waals surface area contributed by atoms with Gasteiger partial charge in [0.25, 0.3) is 10.0 Å². The van der Waals surface area contributed by atoms with Crippen molar-refractivity contribution in [3.05, 3.63) is 84.0 Å². The first-order valence-electron chi connectivity index (χ1n) is 12.0. The number of ether oxygens (including phenoxy) is 2. The molecule has 0 spiro atoms. The maximum atomic E-state index is 13.5. The number of likely N-dealkylation sites (N-methyl/N-ethyl adjacent to an activating group) is 1. The minimum atomic E-state index is -4.14. The van der Waals surface area contributed by atoms with Crippen LogP contribution >= 0.6 is 0 Å². The van der Waals surface area contributed by atoms with E-state index in [1.807, 2.05) is 30.7 Å². The van der Waals surface area contributed by atoms with Crippen LogP contribution < -0.4 is 24.4 Å². The highest BCUT2D eigenvalue weighted by atomic mass is 32.2. The average molecular weight is 540 g/mol. The van der Waals surface area contributed by atoms with Crippen LogP contribution in [0.4, 0.5) is 10.5 Å². The Hall–Kier alpha value is -4.05. The Balaban J connectivity index is 1.80. The van der Waals surface area contributed by atoms with Gasteiger partial charge in [-0.15, -0.1) is 0 Å². The Bertz CT molecular complexity index is 1380. The fraction of sp³-hybridized carbons (Fsp3) is 0.286. The molecule has 2 aromatic rings. The summed E-state index contributed by atoms with van der Waals surface area (Å²) in [5, 5.41) is 2.56. The number of carbonyl (C=O) groups is 2. The van der Waals surface area contributed by atoms with Gasteiger partial charge in [0.05, 0.1) is 4.90 Å². The molecule has 0 unspecified atom stereocenters. The number of amides is 3. The van der Waals surface area contributed by atoms with E-state index >= 15 is 0 Å². The summed E-state index contributed by atoms with van der Waals surface area (Å²) in [5.41, 5.74) is 2.99. The van der Waals surface area contributed by atoms with E-state index in [0.29, 0.717) is 29.2 Å². The molecule has 0 aliphatic carbocycles. The third-order valence-electron chi connectivity index (χ3n) is 6.07. The molecule has 3 amide bonds. The lowest BCUT2D eigenvalue weighted by atomic mass is 10.0. The summed E-state index contributed by atoms with van der Waals surface area (Å²) in [6, 6.07) is 9.41. The molecule has 3 rings (SSSR count). The van der Waals surface area contributed by atoms with Crippen molar-refractivity contribution in [2.75, 3.05) is 18.7 Å². The Morgan fingerprint density at radius 2 is 1.82 bits per heavy atom. The predicted molar refractivity (Wildman–Crippen MR) is 147 cm³/mol. The second-order valence-corrected chi connectivity index (χ2v) is 10.6. The SMILES string of the molecule is C=C/C(C)=C\C=C(/C)CC[C@H](NC(=O)NS(=O)(=O)c1ccccc1C)C(=O)N(C)c1ccc2c(c1)OCO2. The van der Waals surface area contributed by atoms with Gasteiger partial charge in [-0.05, 0) is 57.4 Å². The van der Waals surface area contributed by atoms with Crippen LogP contribution in [0.5, 0.6) is 11.5 Å². The van der Waals surface area contributed by atoms with Crippen LogP contribution in [0.1, 0.15) is 32.3 Å². The highest BCUT2D eigenvalue weighted by Gasteiger charge is 2.28. The predicted octanol–water partition coefficient (Wildman–Crippen LogP) is 4.60. The molecule has 2 N–H and O–H groups in total. The van der Waals surface area contributed by atoms with Gasteiger partial charge in [-0.25, -0.2) is 17.9 Å². The Kier molecular flexibility index (Phi) is 9.35. The van der Waals surface area contributed by atoms with Crippen molar-refractivity contribution in [2.24, 2.45) is 0 Å². The first kappa shape index (κ1) is 28.5. The third kappa shape index (κ3) is 7.25. The number of carbonyl (C=O) groups excluding carboxylic acids is 2. The highest BCUT2D eigenvalue weighted by Crippen LogP contribution is 2.35. The summed E-state index contributed by atoms with van der Waals surface area (Å²) in [7, 11) is -2.56. The van der Waals surface area contributed by atoms with E-state index in [1.165, 1.54) is 11.0 Å². The molecule has 0 saturated carbocycles. The van der Waals surface area contributed by atoms with E-state index in [-0.39, 0.29) is 18.1 Å². The largest absolute Gasteiger partial charge is 0.454 e. The fourth-order valence-corrected chi connectivity index (χ4v) is 4.89. The van der Waals surface area contributed by atoms with Crippen molar-refractivity contribution in [1.82, 2.24) is 10.0 Å². The topological polar surface area (TPSA) is 114 Å². The summed E-state index contributed by atoms with van der Waals surface area (Å²) in [4.78, 5) is 27.7. The quantitative estimate of drug-likeness (QED) is 0.427. The number of aryl methyl sites for hydroxylation is 1. The first-order chi connectivity index (χ1) is 18.0. The number of hydrogen-bond donors (Lipinski definition) is 2. The van der Waals surface area contributed by atoms with E-state index < -0.39 is 28.0 Å². The molecule has 38 heavy (non-hydrogen) atoms. The number of nitrogens with zero attached hydrogens (tertiary/aromatic N) is 1. The normalized spacial score (nSPS) is 14.0. The van der Waals surface area contributed by atoms with Gasteiger partial charge in [-0.2, -0.15) is 0 Å². The number of rotatable bonds is 10. The number of allylic oxidation sites excluding steroid dienone is 5. The Morgan fingerprint density at radius 3 is 2.53 bits per heavy atom. The van der Waals surface area contributed by atoms with Crippen molar-refractivity contribution in [1.29, 1.82) is 0 Å². The molecule has 1 aliphatic rings. The Morgan fingerprint density at radius 1 is 1.11 bits per heavy atom. The van der Waals surface area contributed by atoms with Crippen LogP contribution in [0, 0.1) is 6.92 Å². The summed E-state index contributed by atoms with van der Waals surface area (Å²) >= 11 is 0. The lowest BCUT2D eigenvalue weighted by Gasteiger charge is -2.25. The molecule has 1 heterocycles.